The zero-order valence-corrected chi connectivity index (χ0v) is 13.9. The third-order valence-electron chi connectivity index (χ3n) is 4.33. The molecule has 2 atom stereocenters. The van der Waals surface area contributed by atoms with Gasteiger partial charge in [-0.1, -0.05) is 12.1 Å². The van der Waals surface area contributed by atoms with Crippen LogP contribution in [0, 0.1) is 5.92 Å². The zero-order chi connectivity index (χ0) is 17.9. The summed E-state index contributed by atoms with van der Waals surface area (Å²) in [5.41, 5.74) is 1.04. The number of benzene rings is 1. The fourth-order valence-corrected chi connectivity index (χ4v) is 2.90. The highest BCUT2D eigenvalue weighted by atomic mass is 16.3. The van der Waals surface area contributed by atoms with Crippen LogP contribution in [0.25, 0.3) is 0 Å². The van der Waals surface area contributed by atoms with E-state index in [4.69, 9.17) is 4.42 Å². The second kappa shape index (κ2) is 6.84. The molecule has 0 spiro atoms. The first-order valence-electron chi connectivity index (χ1n) is 8.37. The molecule has 2 aromatic heterocycles. The molecule has 0 radical (unpaired) electrons. The van der Waals surface area contributed by atoms with Crippen LogP contribution in [0.4, 0.5) is 11.5 Å². The molecule has 1 saturated carbocycles. The number of anilines is 2. The summed E-state index contributed by atoms with van der Waals surface area (Å²) in [7, 11) is 0. The van der Waals surface area contributed by atoms with Crippen LogP contribution in [0.2, 0.25) is 0 Å². The van der Waals surface area contributed by atoms with Crippen LogP contribution in [-0.4, -0.2) is 16.8 Å². The minimum atomic E-state index is -0.278. The Morgan fingerprint density at radius 1 is 1.04 bits per heavy atom. The fourth-order valence-electron chi connectivity index (χ4n) is 2.90. The Bertz CT molecular complexity index is 922. The number of rotatable bonds is 5. The number of hydrogen-bond donors (Lipinski definition) is 2. The van der Waals surface area contributed by atoms with Crippen LogP contribution in [0.15, 0.2) is 71.5 Å². The number of nitrogens with zero attached hydrogens (tertiary/aromatic N) is 1. The van der Waals surface area contributed by atoms with Crippen LogP contribution in [-0.2, 0) is 4.79 Å². The molecule has 0 aliphatic heterocycles. The van der Waals surface area contributed by atoms with E-state index in [1.165, 1.54) is 0 Å². The van der Waals surface area contributed by atoms with Crippen molar-refractivity contribution in [2.75, 3.05) is 10.6 Å². The summed E-state index contributed by atoms with van der Waals surface area (Å²) in [5, 5.41) is 5.60. The maximum atomic E-state index is 12.4. The molecule has 1 fully saturated rings. The van der Waals surface area contributed by atoms with E-state index < -0.39 is 0 Å². The Labute approximate surface area is 150 Å². The van der Waals surface area contributed by atoms with E-state index >= 15 is 0 Å². The van der Waals surface area contributed by atoms with E-state index in [-0.39, 0.29) is 23.7 Å². The summed E-state index contributed by atoms with van der Waals surface area (Å²) < 4.78 is 5.36. The first-order chi connectivity index (χ1) is 12.7. The van der Waals surface area contributed by atoms with E-state index in [2.05, 4.69) is 15.6 Å². The monoisotopic (exact) mass is 347 g/mol. The molecule has 0 saturated heterocycles. The molecule has 6 heteroatoms. The van der Waals surface area contributed by atoms with Gasteiger partial charge in [-0.25, -0.2) is 4.98 Å². The molecule has 1 aromatic carbocycles. The number of hydrogen-bond acceptors (Lipinski definition) is 4. The summed E-state index contributed by atoms with van der Waals surface area (Å²) >= 11 is 0. The molecule has 2 amide bonds. The summed E-state index contributed by atoms with van der Waals surface area (Å²) in [6, 6.07) is 15.8. The van der Waals surface area contributed by atoms with Gasteiger partial charge in [0.05, 0.1) is 6.26 Å². The minimum Gasteiger partial charge on any atom is -0.469 e. The number of furan rings is 1. The predicted octanol–water partition coefficient (Wildman–Crippen LogP) is 3.67. The zero-order valence-electron chi connectivity index (χ0n) is 13.9. The quantitative estimate of drug-likeness (QED) is 0.737. The molecule has 0 bridgehead atoms. The van der Waals surface area contributed by atoms with Gasteiger partial charge in [0.15, 0.2) is 0 Å². The molecule has 26 heavy (non-hydrogen) atoms. The van der Waals surface area contributed by atoms with E-state index in [1.807, 2.05) is 12.1 Å². The topological polar surface area (TPSA) is 84.2 Å². The number of pyridine rings is 1. The lowest BCUT2D eigenvalue weighted by Gasteiger charge is -2.08. The van der Waals surface area contributed by atoms with Crippen molar-refractivity contribution in [2.45, 2.75) is 12.3 Å². The first kappa shape index (κ1) is 16.1. The Balaban J connectivity index is 1.40. The number of carbonyl (C=O) groups is 2. The van der Waals surface area contributed by atoms with Crippen molar-refractivity contribution >= 4 is 23.3 Å². The second-order valence-corrected chi connectivity index (χ2v) is 6.20. The average Bonchev–Trinajstić information content (AvgIpc) is 3.28. The van der Waals surface area contributed by atoms with Gasteiger partial charge in [-0.3, -0.25) is 9.59 Å². The summed E-state index contributed by atoms with van der Waals surface area (Å²) in [5.74, 6) is 1.03. The van der Waals surface area contributed by atoms with Gasteiger partial charge in [-0.15, -0.1) is 0 Å². The summed E-state index contributed by atoms with van der Waals surface area (Å²) in [6.07, 6.45) is 4.00. The normalized spacial score (nSPS) is 18.2. The van der Waals surface area contributed by atoms with Gasteiger partial charge in [0, 0.05) is 29.3 Å². The molecule has 2 N–H and O–H groups in total. The largest absolute Gasteiger partial charge is 0.469 e. The van der Waals surface area contributed by atoms with Gasteiger partial charge in [0.2, 0.25) is 5.91 Å². The Hall–Kier alpha value is -3.41. The summed E-state index contributed by atoms with van der Waals surface area (Å²) in [4.78, 5) is 28.8. The molecule has 0 unspecified atom stereocenters. The van der Waals surface area contributed by atoms with Crippen LogP contribution >= 0.6 is 0 Å². The Morgan fingerprint density at radius 2 is 1.96 bits per heavy atom. The van der Waals surface area contributed by atoms with Crippen molar-refractivity contribution in [1.29, 1.82) is 0 Å². The molecule has 3 aromatic rings. The fraction of sp³-hybridized carbons (Fsp3) is 0.150. The molecule has 130 valence electrons. The average molecular weight is 347 g/mol. The SMILES string of the molecule is O=C(Nc1ccccn1)c1cccc(NC(=O)[C@@H]2C[C@@H]2c2ccco2)c1. The number of nitrogens with one attached hydrogen (secondary N) is 2. The van der Waals surface area contributed by atoms with Gasteiger partial charge in [-0.2, -0.15) is 0 Å². The predicted molar refractivity (Wildman–Crippen MR) is 96.8 cm³/mol. The molecule has 2 heterocycles. The third kappa shape index (κ3) is 3.49. The maximum Gasteiger partial charge on any atom is 0.256 e. The van der Waals surface area contributed by atoms with Crippen LogP contribution in [0.3, 0.4) is 0 Å². The van der Waals surface area contributed by atoms with Crippen molar-refractivity contribution in [3.05, 3.63) is 78.4 Å². The van der Waals surface area contributed by atoms with Crippen molar-refractivity contribution in [3.8, 4) is 0 Å². The maximum absolute atomic E-state index is 12.4. The highest BCUT2D eigenvalue weighted by Gasteiger charge is 2.45. The van der Waals surface area contributed by atoms with E-state index in [1.54, 1.807) is 54.9 Å². The number of carbonyl (C=O) groups excluding carboxylic acids is 2. The lowest BCUT2D eigenvalue weighted by Crippen LogP contribution is -2.16. The van der Waals surface area contributed by atoms with Crippen LogP contribution < -0.4 is 10.6 Å². The van der Waals surface area contributed by atoms with Gasteiger partial charge in [0.25, 0.3) is 5.91 Å². The highest BCUT2D eigenvalue weighted by molar-refractivity contribution is 6.05. The molecular weight excluding hydrogens is 330 g/mol. The Kier molecular flexibility index (Phi) is 4.23. The van der Waals surface area contributed by atoms with E-state index in [0.29, 0.717) is 17.1 Å². The molecule has 6 nitrogen and oxygen atoms in total. The molecule has 1 aliphatic rings. The van der Waals surface area contributed by atoms with Crippen molar-refractivity contribution < 1.29 is 14.0 Å². The lowest BCUT2D eigenvalue weighted by molar-refractivity contribution is -0.117. The standard InChI is InChI=1S/C20H17N3O3/c24-19(23-18-8-1-2-9-21-18)13-5-3-6-14(11-13)22-20(25)16-12-15(16)17-7-4-10-26-17/h1-11,15-16H,12H2,(H,22,25)(H,21,23,24)/t15-,16+/m0/s1. The van der Waals surface area contributed by atoms with Crippen molar-refractivity contribution in [2.24, 2.45) is 5.92 Å². The molecule has 4 rings (SSSR count). The highest BCUT2D eigenvalue weighted by Crippen LogP contribution is 2.48. The van der Waals surface area contributed by atoms with Crippen molar-refractivity contribution in [3.63, 3.8) is 0 Å². The van der Waals surface area contributed by atoms with Gasteiger partial charge in [0.1, 0.15) is 11.6 Å². The van der Waals surface area contributed by atoms with Gasteiger partial charge >= 0.3 is 0 Å². The van der Waals surface area contributed by atoms with E-state index in [9.17, 15) is 9.59 Å². The minimum absolute atomic E-state index is 0.0614. The summed E-state index contributed by atoms with van der Waals surface area (Å²) in [6.45, 7) is 0. The number of amides is 2. The Morgan fingerprint density at radius 3 is 2.73 bits per heavy atom. The van der Waals surface area contributed by atoms with Gasteiger partial charge < -0.3 is 15.1 Å². The molecule has 1 aliphatic carbocycles. The molecular formula is C20H17N3O3. The van der Waals surface area contributed by atoms with Gasteiger partial charge in [-0.05, 0) is 48.9 Å². The first-order valence-corrected chi connectivity index (χ1v) is 8.37. The second-order valence-electron chi connectivity index (χ2n) is 6.20. The van der Waals surface area contributed by atoms with Crippen LogP contribution in [0.5, 0.6) is 0 Å². The van der Waals surface area contributed by atoms with Crippen molar-refractivity contribution in [1.82, 2.24) is 4.98 Å². The van der Waals surface area contributed by atoms with Crippen LogP contribution in [0.1, 0.15) is 28.5 Å². The van der Waals surface area contributed by atoms with E-state index in [0.717, 1.165) is 12.2 Å². The third-order valence-corrected chi connectivity index (χ3v) is 4.33. The number of aromatic nitrogens is 1. The smallest absolute Gasteiger partial charge is 0.256 e. The lowest BCUT2D eigenvalue weighted by atomic mass is 10.1.